The van der Waals surface area contributed by atoms with Crippen LogP contribution in [-0.4, -0.2) is 107 Å². The van der Waals surface area contributed by atoms with E-state index in [4.69, 9.17) is 40.5 Å². The van der Waals surface area contributed by atoms with E-state index >= 15 is 0 Å². The molecule has 0 atom stereocenters. The Morgan fingerprint density at radius 2 is 0.885 bits per heavy atom. The maximum atomic E-state index is 10.3. The second kappa shape index (κ2) is 16.3. The summed E-state index contributed by atoms with van der Waals surface area (Å²) in [5, 5.41) is 57.0. The summed E-state index contributed by atoms with van der Waals surface area (Å²) < 4.78 is 0. The van der Waals surface area contributed by atoms with E-state index in [0.717, 1.165) is 6.92 Å². The fourth-order valence-corrected chi connectivity index (χ4v) is 0.928. The molecular formula is C12H19NaO13. The van der Waals surface area contributed by atoms with Crippen LogP contribution in [0.3, 0.4) is 0 Å². The van der Waals surface area contributed by atoms with Gasteiger partial charge >= 0.3 is 59.4 Å². The van der Waals surface area contributed by atoms with E-state index in [1.54, 1.807) is 0 Å². The Morgan fingerprint density at radius 3 is 1.00 bits per heavy atom. The van der Waals surface area contributed by atoms with Crippen molar-refractivity contribution in [3.63, 3.8) is 0 Å². The number of carboxylic acids is 6. The van der Waals surface area contributed by atoms with E-state index in [0.29, 0.717) is 0 Å². The first-order chi connectivity index (χ1) is 11.1. The van der Waals surface area contributed by atoms with E-state index in [-0.39, 0.29) is 42.4 Å². The van der Waals surface area contributed by atoms with Crippen LogP contribution in [0, 0.1) is 0 Å². The Bertz CT molecular complexity index is 479. The van der Waals surface area contributed by atoms with E-state index in [1.807, 2.05) is 0 Å². The molecule has 0 unspecified atom stereocenters. The van der Waals surface area contributed by atoms with Crippen LogP contribution < -0.4 is 0 Å². The van der Waals surface area contributed by atoms with Crippen molar-refractivity contribution in [3.05, 3.63) is 0 Å². The Balaban J connectivity index is -0.000000159. The predicted molar refractivity (Wildman–Crippen MR) is 82.1 cm³/mol. The summed E-state index contributed by atoms with van der Waals surface area (Å²) in [4.78, 5) is 58.8. The summed E-state index contributed by atoms with van der Waals surface area (Å²) in [6.45, 7) is 1.08. The van der Waals surface area contributed by atoms with Crippen LogP contribution in [0.25, 0.3) is 0 Å². The van der Waals surface area contributed by atoms with Crippen molar-refractivity contribution in [2.75, 3.05) is 0 Å². The third-order valence-corrected chi connectivity index (χ3v) is 1.84. The molecule has 0 aliphatic heterocycles. The van der Waals surface area contributed by atoms with Crippen LogP contribution in [0.5, 0.6) is 0 Å². The van der Waals surface area contributed by atoms with Crippen LogP contribution in [-0.2, 0) is 28.8 Å². The van der Waals surface area contributed by atoms with Crippen molar-refractivity contribution in [2.24, 2.45) is 0 Å². The van der Waals surface area contributed by atoms with Crippen LogP contribution in [0.2, 0.25) is 0 Å². The van der Waals surface area contributed by atoms with Crippen molar-refractivity contribution in [1.82, 2.24) is 0 Å². The first-order valence-electron chi connectivity index (χ1n) is 6.16. The molecular weight excluding hydrogens is 375 g/mol. The molecule has 0 aromatic carbocycles. The van der Waals surface area contributed by atoms with Gasteiger partial charge < -0.3 is 35.7 Å². The molecule has 0 radical (unpaired) electrons. The average Bonchev–Trinajstić information content (AvgIpc) is 2.34. The minimum absolute atomic E-state index is 0. The van der Waals surface area contributed by atoms with Gasteiger partial charge in [-0.05, 0) is 0 Å². The van der Waals surface area contributed by atoms with Crippen molar-refractivity contribution < 1.29 is 64.5 Å². The number of aliphatic hydroxyl groups is 1. The van der Waals surface area contributed by atoms with Gasteiger partial charge in [0.25, 0.3) is 5.97 Å². The number of aliphatic carboxylic acids is 6. The number of hydrogen-bond acceptors (Lipinski definition) is 7. The Labute approximate surface area is 168 Å². The first kappa shape index (κ1) is 31.5. The standard InChI is InChI=1S/C6H8O7.C4H6O4.C2H4O2.Na.H/c7-3(8)1-6(13,5(11)12)2-4(9)10;5-3(6)1-2-4(7)8;1-2(3)4;;/h13H,1-2H2,(H,7,8)(H,9,10)(H,11,12);1-2H2,(H,5,6)(H,7,8);1H3,(H,3,4);;. The van der Waals surface area contributed by atoms with E-state index < -0.39 is 54.3 Å². The molecule has 0 aliphatic rings. The molecule has 0 aromatic heterocycles. The second-order valence-corrected chi connectivity index (χ2v) is 4.28. The number of carbonyl (C=O) groups is 6. The normalized spacial score (nSPS) is 9.00. The fraction of sp³-hybridized carbons (Fsp3) is 0.500. The molecule has 0 aromatic rings. The number of hydrogen-bond donors (Lipinski definition) is 7. The zero-order valence-electron chi connectivity index (χ0n) is 12.9. The maximum absolute atomic E-state index is 10.3. The molecule has 146 valence electrons. The van der Waals surface area contributed by atoms with Crippen molar-refractivity contribution >= 4 is 65.4 Å². The summed E-state index contributed by atoms with van der Waals surface area (Å²) in [5.41, 5.74) is -2.74. The second-order valence-electron chi connectivity index (χ2n) is 4.28. The molecule has 0 saturated carbocycles. The molecule has 13 nitrogen and oxygen atoms in total. The Morgan fingerprint density at radius 1 is 0.654 bits per heavy atom. The van der Waals surface area contributed by atoms with Gasteiger partial charge in [0.2, 0.25) is 0 Å². The molecule has 0 heterocycles. The van der Waals surface area contributed by atoms with Crippen LogP contribution >= 0.6 is 0 Å². The Kier molecular flexibility index (Phi) is 19.7. The molecule has 0 bridgehead atoms. The van der Waals surface area contributed by atoms with Gasteiger partial charge in [0.05, 0.1) is 25.7 Å². The van der Waals surface area contributed by atoms with Crippen molar-refractivity contribution in [1.29, 1.82) is 0 Å². The van der Waals surface area contributed by atoms with Gasteiger partial charge in [-0.2, -0.15) is 0 Å². The van der Waals surface area contributed by atoms with Gasteiger partial charge in [0.15, 0.2) is 5.60 Å². The predicted octanol–water partition coefficient (Wildman–Crippen LogP) is -1.87. The molecule has 0 aliphatic carbocycles. The average molecular weight is 394 g/mol. The summed E-state index contributed by atoms with van der Waals surface area (Å²) in [6.07, 6.45) is -2.88. The molecule has 0 fully saturated rings. The first-order valence-corrected chi connectivity index (χ1v) is 6.16. The van der Waals surface area contributed by atoms with Crippen LogP contribution in [0.15, 0.2) is 0 Å². The van der Waals surface area contributed by atoms with Crippen molar-refractivity contribution in [2.45, 2.75) is 38.2 Å². The summed E-state index contributed by atoms with van der Waals surface area (Å²) in [5.74, 6) is -8.01. The summed E-state index contributed by atoms with van der Waals surface area (Å²) >= 11 is 0. The quantitative estimate of drug-likeness (QED) is 0.223. The third-order valence-electron chi connectivity index (χ3n) is 1.84. The number of carboxylic acid groups (broad SMARTS) is 6. The molecule has 7 N–H and O–H groups in total. The molecule has 0 rings (SSSR count). The van der Waals surface area contributed by atoms with Gasteiger partial charge in [0.1, 0.15) is 0 Å². The topological polar surface area (TPSA) is 244 Å². The third kappa shape index (κ3) is 26.7. The monoisotopic (exact) mass is 394 g/mol. The summed E-state index contributed by atoms with van der Waals surface area (Å²) in [6, 6.07) is 0. The SMILES string of the molecule is CC(=O)O.O=C(O)CC(O)(CC(=O)O)C(=O)O.O=C(O)CCC(=O)O.[NaH]. The van der Waals surface area contributed by atoms with Crippen LogP contribution in [0.1, 0.15) is 32.6 Å². The zero-order chi connectivity index (χ0) is 20.8. The van der Waals surface area contributed by atoms with Gasteiger partial charge in [-0.15, -0.1) is 0 Å². The molecule has 0 spiro atoms. The van der Waals surface area contributed by atoms with Crippen LogP contribution in [0.4, 0.5) is 0 Å². The van der Waals surface area contributed by atoms with Gasteiger partial charge in [0, 0.05) is 6.92 Å². The molecule has 0 amide bonds. The van der Waals surface area contributed by atoms with Gasteiger partial charge in [-0.1, -0.05) is 0 Å². The zero-order valence-corrected chi connectivity index (χ0v) is 12.9. The fourth-order valence-electron chi connectivity index (χ4n) is 0.928. The van der Waals surface area contributed by atoms with E-state index in [1.165, 1.54) is 0 Å². The van der Waals surface area contributed by atoms with Gasteiger partial charge in [-0.3, -0.25) is 24.0 Å². The van der Waals surface area contributed by atoms with Gasteiger partial charge in [-0.25, -0.2) is 4.79 Å². The molecule has 14 heteroatoms. The Hall–Kier alpha value is -2.22. The van der Waals surface area contributed by atoms with E-state index in [9.17, 15) is 24.0 Å². The minimum atomic E-state index is -2.74. The molecule has 0 saturated heterocycles. The molecule has 26 heavy (non-hydrogen) atoms. The number of rotatable bonds is 8. The van der Waals surface area contributed by atoms with Crippen molar-refractivity contribution in [3.8, 4) is 0 Å². The van der Waals surface area contributed by atoms with E-state index in [2.05, 4.69) is 0 Å². The summed E-state index contributed by atoms with van der Waals surface area (Å²) in [7, 11) is 0.